The molecule has 0 atom stereocenters. The van der Waals surface area contributed by atoms with Crippen LogP contribution in [0.4, 0.5) is 0 Å². The van der Waals surface area contributed by atoms with E-state index in [0.29, 0.717) is 26.4 Å². The summed E-state index contributed by atoms with van der Waals surface area (Å²) in [5.74, 6) is 0. The molecule has 20 heavy (non-hydrogen) atoms. The molecule has 0 unspecified atom stereocenters. The first-order valence-electron chi connectivity index (χ1n) is 6.56. The van der Waals surface area contributed by atoms with Crippen molar-refractivity contribution in [2.75, 3.05) is 26.4 Å². The van der Waals surface area contributed by atoms with Crippen molar-refractivity contribution < 1.29 is 57.3 Å². The second-order valence-corrected chi connectivity index (χ2v) is 3.04. The first kappa shape index (κ1) is 32.4. The molecule has 4 N–H and O–H groups in total. The summed E-state index contributed by atoms with van der Waals surface area (Å²) in [5, 5.41) is 30.4. The molecule has 7 nitrogen and oxygen atoms in total. The van der Waals surface area contributed by atoms with Gasteiger partial charge < -0.3 is 5.11 Å². The van der Waals surface area contributed by atoms with Gasteiger partial charge in [0.1, 0.15) is 0 Å². The first-order chi connectivity index (χ1) is 9.16. The van der Waals surface area contributed by atoms with Crippen molar-refractivity contribution in [2.24, 2.45) is 0 Å². The van der Waals surface area contributed by atoms with E-state index in [9.17, 15) is 0 Å². The van der Waals surface area contributed by atoms with E-state index in [4.69, 9.17) is 20.9 Å². The van der Waals surface area contributed by atoms with Crippen LogP contribution in [0.3, 0.4) is 0 Å². The summed E-state index contributed by atoms with van der Waals surface area (Å²) in [6.45, 7) is 8.78. The molecular formula is C12H32O7Ti. The van der Waals surface area contributed by atoms with Gasteiger partial charge in [-0.3, -0.25) is 15.8 Å². The smallest absolute Gasteiger partial charge is 0.0791 e. The molecule has 0 aliphatic carbocycles. The molecule has 0 rings (SSSR count). The minimum Gasteiger partial charge on any atom is -0.396 e. The first-order valence-corrected chi connectivity index (χ1v) is 6.56. The van der Waals surface area contributed by atoms with E-state index < -0.39 is 0 Å². The molecule has 0 saturated heterocycles. The Balaban J connectivity index is -0.0000000512. The molecule has 0 fully saturated rings. The molecule has 0 bridgehead atoms. The van der Waals surface area contributed by atoms with E-state index in [2.05, 4.69) is 21.6 Å². The molecule has 126 valence electrons. The maximum Gasteiger partial charge on any atom is 0.0791 e. The van der Waals surface area contributed by atoms with Crippen LogP contribution in [-0.2, 0) is 36.4 Å². The van der Waals surface area contributed by atoms with Crippen molar-refractivity contribution in [3.63, 3.8) is 0 Å². The van der Waals surface area contributed by atoms with Crippen LogP contribution < -0.4 is 0 Å². The van der Waals surface area contributed by atoms with Crippen LogP contribution in [0.5, 0.6) is 0 Å². The molecule has 8 heteroatoms. The van der Waals surface area contributed by atoms with Crippen LogP contribution >= 0.6 is 0 Å². The van der Waals surface area contributed by atoms with Crippen LogP contribution in [-0.4, -0.2) is 47.3 Å². The van der Waals surface area contributed by atoms with Crippen molar-refractivity contribution in [3.8, 4) is 0 Å². The Morgan fingerprint density at radius 2 is 0.950 bits per heavy atom. The monoisotopic (exact) mass is 336 g/mol. The summed E-state index contributed by atoms with van der Waals surface area (Å²) < 4.78 is 0. The Labute approximate surface area is 137 Å². The van der Waals surface area contributed by atoms with Gasteiger partial charge in [0.25, 0.3) is 0 Å². The standard InChI is InChI=1S/C6H14O.3C2H6O2.Ti/c1-2-3-4-5-6-7;3*1-2-4-3;/h7H,2-6H2,1H3;3*3H,2H2,1H3;. The third-order valence-corrected chi connectivity index (χ3v) is 1.40. The Morgan fingerprint density at radius 3 is 1.10 bits per heavy atom. The van der Waals surface area contributed by atoms with E-state index in [-0.39, 0.29) is 21.7 Å². The van der Waals surface area contributed by atoms with Gasteiger partial charge in [-0.1, -0.05) is 26.2 Å². The largest absolute Gasteiger partial charge is 0.396 e. The van der Waals surface area contributed by atoms with Gasteiger partial charge in [-0.25, -0.2) is 14.7 Å². The molecule has 0 saturated carbocycles. The van der Waals surface area contributed by atoms with Crippen molar-refractivity contribution in [1.82, 2.24) is 0 Å². The van der Waals surface area contributed by atoms with Crippen molar-refractivity contribution in [3.05, 3.63) is 0 Å². The van der Waals surface area contributed by atoms with Crippen LogP contribution in [0.15, 0.2) is 0 Å². The molecule has 0 aromatic rings. The van der Waals surface area contributed by atoms with Gasteiger partial charge in [0.05, 0.1) is 19.8 Å². The number of aliphatic hydroxyl groups excluding tert-OH is 1. The molecule has 0 aromatic carbocycles. The molecular weight excluding hydrogens is 304 g/mol. The van der Waals surface area contributed by atoms with E-state index in [1.54, 1.807) is 20.8 Å². The summed E-state index contributed by atoms with van der Waals surface area (Å²) in [5.41, 5.74) is 0. The zero-order chi connectivity index (χ0) is 15.8. The maximum atomic E-state index is 8.29. The van der Waals surface area contributed by atoms with Crippen molar-refractivity contribution in [1.29, 1.82) is 0 Å². The second kappa shape index (κ2) is 50.5. The van der Waals surface area contributed by atoms with Gasteiger partial charge in [-0.15, -0.1) is 0 Å². The van der Waals surface area contributed by atoms with Crippen LogP contribution in [0.2, 0.25) is 0 Å². The minimum atomic E-state index is 0. The van der Waals surface area contributed by atoms with Crippen LogP contribution in [0, 0.1) is 0 Å². The average Bonchev–Trinajstić information content (AvgIpc) is 2.48. The Morgan fingerprint density at radius 1 is 0.650 bits per heavy atom. The molecule has 0 aromatic heterocycles. The van der Waals surface area contributed by atoms with E-state index in [0.717, 1.165) is 6.42 Å². The zero-order valence-corrected chi connectivity index (χ0v) is 14.7. The fraction of sp³-hybridized carbons (Fsp3) is 1.00. The summed E-state index contributed by atoms with van der Waals surface area (Å²) in [6, 6.07) is 0. The van der Waals surface area contributed by atoms with Gasteiger partial charge in [-0.05, 0) is 27.2 Å². The second-order valence-electron chi connectivity index (χ2n) is 3.04. The van der Waals surface area contributed by atoms with Crippen LogP contribution in [0.1, 0.15) is 53.4 Å². The summed E-state index contributed by atoms with van der Waals surface area (Å²) in [7, 11) is 0. The third kappa shape index (κ3) is 101. The van der Waals surface area contributed by atoms with Gasteiger partial charge in [0, 0.05) is 28.3 Å². The number of aliphatic hydroxyl groups is 1. The summed E-state index contributed by atoms with van der Waals surface area (Å²) >= 11 is 0. The minimum absolute atomic E-state index is 0. The Hall–Kier alpha value is 0.434. The normalized spacial score (nSPS) is 7.80. The van der Waals surface area contributed by atoms with Gasteiger partial charge >= 0.3 is 0 Å². The third-order valence-electron chi connectivity index (χ3n) is 1.40. The summed E-state index contributed by atoms with van der Waals surface area (Å²) in [6.07, 6.45) is 4.68. The summed E-state index contributed by atoms with van der Waals surface area (Å²) in [4.78, 5) is 10.6. The molecule has 0 radical (unpaired) electrons. The average molecular weight is 336 g/mol. The SMILES string of the molecule is CCCCCCO.CCOO.CCOO.CCOO.[Ti]. The molecule has 0 amide bonds. The fourth-order valence-corrected chi connectivity index (χ4v) is 0.539. The number of hydrogen-bond donors (Lipinski definition) is 4. The topological polar surface area (TPSA) is 109 Å². The van der Waals surface area contributed by atoms with Crippen molar-refractivity contribution >= 4 is 0 Å². The quantitative estimate of drug-likeness (QED) is 0.245. The van der Waals surface area contributed by atoms with Crippen molar-refractivity contribution in [2.45, 2.75) is 53.4 Å². The van der Waals surface area contributed by atoms with E-state index in [1.807, 2.05) is 0 Å². The zero-order valence-electron chi connectivity index (χ0n) is 13.2. The van der Waals surface area contributed by atoms with Gasteiger partial charge in [-0.2, -0.15) is 0 Å². The van der Waals surface area contributed by atoms with Gasteiger partial charge in [0.2, 0.25) is 0 Å². The Bertz CT molecular complexity index is 80.4. The van der Waals surface area contributed by atoms with Crippen LogP contribution in [0.25, 0.3) is 0 Å². The maximum absolute atomic E-state index is 8.29. The number of rotatable bonds is 7. The molecule has 0 aliphatic rings. The van der Waals surface area contributed by atoms with E-state index in [1.165, 1.54) is 19.3 Å². The molecule has 0 spiro atoms. The Kier molecular flexibility index (Phi) is 81.8. The van der Waals surface area contributed by atoms with E-state index >= 15 is 0 Å². The predicted molar refractivity (Wildman–Crippen MR) is 74.0 cm³/mol. The fourth-order valence-electron chi connectivity index (χ4n) is 0.539. The predicted octanol–water partition coefficient (Wildman–Crippen LogP) is 3.04. The molecule has 0 heterocycles. The number of unbranched alkanes of at least 4 members (excludes halogenated alkanes) is 3. The number of hydrogen-bond acceptors (Lipinski definition) is 7. The van der Waals surface area contributed by atoms with Gasteiger partial charge in [0.15, 0.2) is 0 Å². The molecule has 0 aliphatic heterocycles.